The van der Waals surface area contributed by atoms with Gasteiger partial charge in [0.25, 0.3) is 0 Å². The molecule has 0 unspecified atom stereocenters. The van der Waals surface area contributed by atoms with E-state index in [9.17, 15) is 0 Å². The SMILES string of the molecule is Cc1ccc(N(C2=CC=CCC2)c2cccc3c2c2cccc4c5c(-c6ccccc6)c6c(c(-c7ccccc7)c5n3c24)c2cccc3c4c(N(c5ccccc5)c5ccc(C)cc5C)cccc4n6c32)c(C)c1. The average Bonchev–Trinajstić information content (AvgIpc) is 4.20. The summed E-state index contributed by atoms with van der Waals surface area (Å²) in [4.78, 5) is 5.03. The summed E-state index contributed by atoms with van der Waals surface area (Å²) in [7, 11) is 0. The molecule has 74 heavy (non-hydrogen) atoms. The second-order valence-electron chi connectivity index (χ2n) is 20.6. The van der Waals surface area contributed by atoms with Crippen molar-refractivity contribution in [2.45, 2.75) is 40.5 Å². The van der Waals surface area contributed by atoms with E-state index in [0.717, 1.165) is 24.2 Å². The zero-order valence-corrected chi connectivity index (χ0v) is 42.0. The molecule has 4 heterocycles. The van der Waals surface area contributed by atoms with Gasteiger partial charge in [-0.15, -0.1) is 0 Å². The van der Waals surface area contributed by atoms with Gasteiger partial charge in [-0.05, 0) is 117 Å². The number of hydrogen-bond donors (Lipinski definition) is 0. The van der Waals surface area contributed by atoms with Crippen LogP contribution in [0, 0.1) is 27.7 Å². The molecule has 0 spiro atoms. The number of benzene rings is 10. The lowest BCUT2D eigenvalue weighted by Gasteiger charge is -2.31. The number of aromatic nitrogens is 2. The van der Waals surface area contributed by atoms with Crippen LogP contribution in [0.15, 0.2) is 224 Å². The molecule has 0 fully saturated rings. The molecule has 0 bridgehead atoms. The Morgan fingerprint density at radius 1 is 0.378 bits per heavy atom. The third-order valence-electron chi connectivity index (χ3n) is 16.1. The van der Waals surface area contributed by atoms with Crippen LogP contribution >= 0.6 is 0 Å². The summed E-state index contributed by atoms with van der Waals surface area (Å²) in [6, 6.07) is 75.1. The first-order valence-electron chi connectivity index (χ1n) is 26.1. The Bertz CT molecular complexity index is 4630. The molecular weight excluding hydrogens is 897 g/mol. The maximum Gasteiger partial charge on any atom is 0.0634 e. The summed E-state index contributed by atoms with van der Waals surface area (Å²) in [6.07, 6.45) is 8.83. The molecule has 0 saturated carbocycles. The van der Waals surface area contributed by atoms with E-state index in [2.05, 4.69) is 265 Å². The van der Waals surface area contributed by atoms with Crippen LogP contribution < -0.4 is 9.80 Å². The first kappa shape index (κ1) is 42.6. The minimum atomic E-state index is 0.968. The van der Waals surface area contributed by atoms with Gasteiger partial charge in [-0.3, -0.25) is 0 Å². The number of rotatable bonds is 8. The maximum atomic E-state index is 2.65. The zero-order chi connectivity index (χ0) is 49.3. The van der Waals surface area contributed by atoms with Crippen molar-refractivity contribution in [2.24, 2.45) is 0 Å². The fraction of sp³-hybridized carbons (Fsp3) is 0.0857. The van der Waals surface area contributed by atoms with Crippen molar-refractivity contribution in [2.75, 3.05) is 9.80 Å². The highest BCUT2D eigenvalue weighted by Crippen LogP contribution is 2.56. The standard InChI is InChI=1S/C70H52N4/c1-43-37-39-55(45(3)41-43)71(49-25-13-7-14-26-49)57-33-19-35-59-63(57)51-29-17-31-53-65-62(48-23-11-6-12-24-48)70-66(61(47-21-9-5-10-22-47)69(65)73(59)67(51)53)54-32-18-30-52-64-58(34-20-36-60(64)74(70)68(52)54)72(50-27-15-8-16-28-50)56-40-38-44(2)42-46(56)4/h5-15,17-27,29-42H,16,28H2,1-4H3. The van der Waals surface area contributed by atoms with Crippen molar-refractivity contribution in [3.63, 3.8) is 0 Å². The van der Waals surface area contributed by atoms with Gasteiger partial charge in [0.1, 0.15) is 0 Å². The fourth-order valence-electron chi connectivity index (χ4n) is 13.2. The highest BCUT2D eigenvalue weighted by atomic mass is 15.2. The van der Waals surface area contributed by atoms with Gasteiger partial charge in [0.05, 0.1) is 44.5 Å². The molecular formula is C70H52N4. The highest BCUT2D eigenvalue weighted by Gasteiger charge is 2.33. The lowest BCUT2D eigenvalue weighted by atomic mass is 9.89. The molecule has 15 rings (SSSR count). The summed E-state index contributed by atoms with van der Waals surface area (Å²) in [5.41, 5.74) is 24.5. The smallest absolute Gasteiger partial charge is 0.0634 e. The van der Waals surface area contributed by atoms with Crippen molar-refractivity contribution in [1.29, 1.82) is 0 Å². The number of anilines is 5. The largest absolute Gasteiger partial charge is 0.313 e. The minimum absolute atomic E-state index is 0.968. The van der Waals surface area contributed by atoms with E-state index in [1.54, 1.807) is 0 Å². The highest BCUT2D eigenvalue weighted by molar-refractivity contribution is 6.39. The van der Waals surface area contributed by atoms with Crippen molar-refractivity contribution >= 4 is 105 Å². The average molecular weight is 949 g/mol. The first-order chi connectivity index (χ1) is 36.4. The molecule has 1 aliphatic rings. The van der Waals surface area contributed by atoms with Crippen molar-refractivity contribution in [1.82, 2.24) is 8.80 Å². The van der Waals surface area contributed by atoms with Gasteiger partial charge >= 0.3 is 0 Å². The van der Waals surface area contributed by atoms with Gasteiger partial charge in [0.15, 0.2) is 0 Å². The van der Waals surface area contributed by atoms with Crippen LogP contribution in [0.25, 0.3) is 98.4 Å². The van der Waals surface area contributed by atoms with Gasteiger partial charge in [-0.1, -0.05) is 175 Å². The summed E-state index contributed by atoms with van der Waals surface area (Å²) in [6.45, 7) is 8.88. The van der Waals surface area contributed by atoms with E-state index in [0.29, 0.717) is 0 Å². The topological polar surface area (TPSA) is 15.3 Å². The molecule has 0 aliphatic heterocycles. The lowest BCUT2D eigenvalue weighted by Crippen LogP contribution is -2.18. The summed E-state index contributed by atoms with van der Waals surface area (Å²) < 4.78 is 5.28. The summed E-state index contributed by atoms with van der Waals surface area (Å²) in [5, 5.41) is 10.1. The van der Waals surface area contributed by atoms with Crippen LogP contribution in [0.3, 0.4) is 0 Å². The number of allylic oxidation sites excluding steroid dienone is 4. The molecule has 0 amide bonds. The van der Waals surface area contributed by atoms with Gasteiger partial charge in [0.2, 0.25) is 0 Å². The zero-order valence-electron chi connectivity index (χ0n) is 42.0. The van der Waals surface area contributed by atoms with Crippen LogP contribution in [-0.4, -0.2) is 8.80 Å². The molecule has 0 radical (unpaired) electrons. The van der Waals surface area contributed by atoms with Gasteiger partial charge in [-0.25, -0.2) is 0 Å². The van der Waals surface area contributed by atoms with Gasteiger partial charge < -0.3 is 18.6 Å². The van der Waals surface area contributed by atoms with E-state index in [1.165, 1.54) is 143 Å². The van der Waals surface area contributed by atoms with Crippen LogP contribution in [0.5, 0.6) is 0 Å². The molecule has 10 aromatic carbocycles. The minimum Gasteiger partial charge on any atom is -0.313 e. The van der Waals surface area contributed by atoms with Crippen LogP contribution in [-0.2, 0) is 0 Å². The molecule has 14 aromatic rings. The second kappa shape index (κ2) is 16.2. The van der Waals surface area contributed by atoms with E-state index < -0.39 is 0 Å². The summed E-state index contributed by atoms with van der Waals surface area (Å²) in [5.74, 6) is 0. The Balaban J connectivity index is 1.14. The Morgan fingerprint density at radius 2 is 0.824 bits per heavy atom. The van der Waals surface area contributed by atoms with E-state index in [1.807, 2.05) is 0 Å². The maximum absolute atomic E-state index is 2.65. The molecule has 0 atom stereocenters. The molecule has 4 aromatic heterocycles. The van der Waals surface area contributed by atoms with Gasteiger partial charge in [0, 0.05) is 77.0 Å². The molecule has 352 valence electrons. The summed E-state index contributed by atoms with van der Waals surface area (Å²) >= 11 is 0. The van der Waals surface area contributed by atoms with Crippen LogP contribution in [0.2, 0.25) is 0 Å². The van der Waals surface area contributed by atoms with E-state index >= 15 is 0 Å². The Kier molecular flexibility index (Phi) is 9.31. The van der Waals surface area contributed by atoms with Crippen molar-refractivity contribution in [3.05, 3.63) is 246 Å². The monoisotopic (exact) mass is 948 g/mol. The lowest BCUT2D eigenvalue weighted by molar-refractivity contribution is 0.917. The van der Waals surface area contributed by atoms with Crippen LogP contribution in [0.1, 0.15) is 35.1 Å². The Labute approximate surface area is 430 Å². The molecule has 1 aliphatic carbocycles. The number of hydrogen-bond acceptors (Lipinski definition) is 2. The number of fused-ring (bicyclic) bond motifs is 12. The number of nitrogens with zero attached hydrogens (tertiary/aromatic N) is 4. The fourth-order valence-corrected chi connectivity index (χ4v) is 13.2. The van der Waals surface area contributed by atoms with Crippen molar-refractivity contribution < 1.29 is 0 Å². The normalized spacial score (nSPS) is 13.1. The Morgan fingerprint density at radius 3 is 1.30 bits per heavy atom. The molecule has 0 N–H and O–H groups in total. The van der Waals surface area contributed by atoms with Crippen molar-refractivity contribution in [3.8, 4) is 22.3 Å². The second-order valence-corrected chi connectivity index (χ2v) is 20.6. The molecule has 4 nitrogen and oxygen atoms in total. The van der Waals surface area contributed by atoms with Crippen LogP contribution in [0.4, 0.5) is 28.4 Å². The third kappa shape index (κ3) is 5.97. The Hall–Kier alpha value is -9.12. The predicted molar refractivity (Wildman–Crippen MR) is 315 cm³/mol. The predicted octanol–water partition coefficient (Wildman–Crippen LogP) is 19.4. The van der Waals surface area contributed by atoms with E-state index in [-0.39, 0.29) is 0 Å². The van der Waals surface area contributed by atoms with E-state index in [4.69, 9.17) is 0 Å². The number of para-hydroxylation sites is 3. The van der Waals surface area contributed by atoms with Gasteiger partial charge in [-0.2, -0.15) is 0 Å². The quantitative estimate of drug-likeness (QED) is 0.151. The molecule has 0 saturated heterocycles. The first-order valence-corrected chi connectivity index (χ1v) is 26.1. The molecule has 4 heteroatoms. The third-order valence-corrected chi connectivity index (χ3v) is 16.1. The number of aryl methyl sites for hydroxylation is 4.